The highest BCUT2D eigenvalue weighted by atomic mass is 16.2. The Kier molecular flexibility index (Phi) is 4.96. The summed E-state index contributed by atoms with van der Waals surface area (Å²) in [5, 5.41) is 2.83. The van der Waals surface area contributed by atoms with Gasteiger partial charge in [0.2, 0.25) is 11.8 Å². The molecule has 5 nitrogen and oxygen atoms in total. The quantitative estimate of drug-likeness (QED) is 0.856. The van der Waals surface area contributed by atoms with Gasteiger partial charge >= 0.3 is 0 Å². The Labute approximate surface area is 125 Å². The summed E-state index contributed by atoms with van der Waals surface area (Å²) in [5.74, 6) is -0.335. The Balaban J connectivity index is 1.89. The van der Waals surface area contributed by atoms with Crippen LogP contribution in [-0.2, 0) is 9.59 Å². The lowest BCUT2D eigenvalue weighted by atomic mass is 10.1. The number of benzene rings is 1. The van der Waals surface area contributed by atoms with Gasteiger partial charge in [-0.2, -0.15) is 0 Å². The van der Waals surface area contributed by atoms with Crippen molar-refractivity contribution in [3.05, 3.63) is 29.3 Å². The van der Waals surface area contributed by atoms with Gasteiger partial charge in [-0.15, -0.1) is 0 Å². The predicted octanol–water partition coefficient (Wildman–Crippen LogP) is 1.41. The van der Waals surface area contributed by atoms with E-state index in [9.17, 15) is 9.59 Å². The summed E-state index contributed by atoms with van der Waals surface area (Å²) >= 11 is 0. The normalized spacial score (nSPS) is 15.9. The fraction of sp³-hybridized carbons (Fsp3) is 0.500. The van der Waals surface area contributed by atoms with Crippen LogP contribution in [0.15, 0.2) is 18.2 Å². The van der Waals surface area contributed by atoms with Gasteiger partial charge in [0.25, 0.3) is 0 Å². The molecular formula is C16H23N3O2. The van der Waals surface area contributed by atoms with Crippen LogP contribution in [0.3, 0.4) is 0 Å². The molecule has 0 atom stereocenters. The molecule has 0 spiro atoms. The van der Waals surface area contributed by atoms with Gasteiger partial charge in [0.15, 0.2) is 0 Å². The Bertz CT molecular complexity index is 534. The van der Waals surface area contributed by atoms with E-state index >= 15 is 0 Å². The average Bonchev–Trinajstić information content (AvgIpc) is 2.44. The fourth-order valence-corrected chi connectivity index (χ4v) is 2.39. The highest BCUT2D eigenvalue weighted by Gasteiger charge is 2.21. The van der Waals surface area contributed by atoms with Gasteiger partial charge in [-0.25, -0.2) is 0 Å². The molecule has 1 aromatic rings. The smallest absolute Gasteiger partial charge is 0.233 e. The summed E-state index contributed by atoms with van der Waals surface area (Å²) in [7, 11) is 2.04. The van der Waals surface area contributed by atoms with Crippen molar-refractivity contribution in [3.63, 3.8) is 0 Å². The molecule has 1 aliphatic heterocycles. The zero-order valence-electron chi connectivity index (χ0n) is 13.0. The lowest BCUT2D eigenvalue weighted by Gasteiger charge is -2.32. The number of anilines is 1. The molecule has 1 aromatic carbocycles. The zero-order chi connectivity index (χ0) is 15.4. The molecule has 0 unspecified atom stereocenters. The summed E-state index contributed by atoms with van der Waals surface area (Å²) in [4.78, 5) is 28.1. The summed E-state index contributed by atoms with van der Waals surface area (Å²) < 4.78 is 0. The number of hydrogen-bond donors (Lipinski definition) is 1. The molecule has 21 heavy (non-hydrogen) atoms. The second-order valence-corrected chi connectivity index (χ2v) is 5.66. The van der Waals surface area contributed by atoms with E-state index in [0.717, 1.165) is 29.9 Å². The number of hydrogen-bond acceptors (Lipinski definition) is 3. The van der Waals surface area contributed by atoms with E-state index in [-0.39, 0.29) is 18.2 Å². The third-order valence-electron chi connectivity index (χ3n) is 4.05. The molecule has 0 radical (unpaired) electrons. The maximum absolute atomic E-state index is 12.1. The van der Waals surface area contributed by atoms with Crippen LogP contribution in [0.2, 0.25) is 0 Å². The zero-order valence-corrected chi connectivity index (χ0v) is 13.0. The maximum atomic E-state index is 12.1. The molecule has 1 N–H and O–H groups in total. The van der Waals surface area contributed by atoms with Crippen LogP contribution in [0.25, 0.3) is 0 Å². The topological polar surface area (TPSA) is 52.7 Å². The van der Waals surface area contributed by atoms with Gasteiger partial charge in [0.1, 0.15) is 6.42 Å². The molecule has 5 heteroatoms. The van der Waals surface area contributed by atoms with Crippen LogP contribution in [0, 0.1) is 13.8 Å². The number of aryl methyl sites for hydroxylation is 1. The van der Waals surface area contributed by atoms with Crippen LogP contribution in [-0.4, -0.2) is 54.8 Å². The van der Waals surface area contributed by atoms with Gasteiger partial charge < -0.3 is 15.1 Å². The van der Waals surface area contributed by atoms with E-state index < -0.39 is 0 Å². The second kappa shape index (κ2) is 6.72. The molecule has 0 aliphatic carbocycles. The first-order chi connectivity index (χ1) is 9.97. The van der Waals surface area contributed by atoms with Crippen molar-refractivity contribution in [3.8, 4) is 0 Å². The number of nitrogens with zero attached hydrogens (tertiary/aromatic N) is 2. The van der Waals surface area contributed by atoms with Crippen molar-refractivity contribution in [1.29, 1.82) is 0 Å². The Morgan fingerprint density at radius 2 is 1.81 bits per heavy atom. The minimum Gasteiger partial charge on any atom is -0.340 e. The molecule has 0 aromatic heterocycles. The lowest BCUT2D eigenvalue weighted by molar-refractivity contribution is -0.135. The number of likely N-dealkylation sites (N-methyl/N-ethyl adjacent to an activating group) is 1. The summed E-state index contributed by atoms with van der Waals surface area (Å²) in [6, 6.07) is 5.77. The van der Waals surface area contributed by atoms with Gasteiger partial charge in [-0.3, -0.25) is 9.59 Å². The van der Waals surface area contributed by atoms with Crippen LogP contribution in [0.1, 0.15) is 17.5 Å². The molecule has 1 fully saturated rings. The first kappa shape index (κ1) is 15.5. The first-order valence-corrected chi connectivity index (χ1v) is 7.30. The molecule has 1 saturated heterocycles. The second-order valence-electron chi connectivity index (χ2n) is 5.66. The largest absolute Gasteiger partial charge is 0.340 e. The van der Waals surface area contributed by atoms with Crippen LogP contribution in [0.4, 0.5) is 5.69 Å². The van der Waals surface area contributed by atoms with Crippen LogP contribution < -0.4 is 5.32 Å². The maximum Gasteiger partial charge on any atom is 0.233 e. The molecule has 0 bridgehead atoms. The SMILES string of the molecule is Cc1cccc(NC(=O)CC(=O)N2CCN(C)CC2)c1C. The van der Waals surface area contributed by atoms with Crippen molar-refractivity contribution in [2.45, 2.75) is 20.3 Å². The van der Waals surface area contributed by atoms with Crippen molar-refractivity contribution in [1.82, 2.24) is 9.80 Å². The number of carbonyl (C=O) groups is 2. The molecule has 114 valence electrons. The van der Waals surface area contributed by atoms with E-state index in [0.29, 0.717) is 13.1 Å². The minimum atomic E-state index is -0.243. The van der Waals surface area contributed by atoms with E-state index in [2.05, 4.69) is 10.2 Å². The minimum absolute atomic E-state index is 0.0862. The third kappa shape index (κ3) is 4.04. The van der Waals surface area contributed by atoms with E-state index in [4.69, 9.17) is 0 Å². The van der Waals surface area contributed by atoms with E-state index in [1.807, 2.05) is 39.1 Å². The molecule has 0 saturated carbocycles. The Morgan fingerprint density at radius 3 is 2.48 bits per heavy atom. The number of carbonyl (C=O) groups excluding carboxylic acids is 2. The van der Waals surface area contributed by atoms with Crippen LogP contribution in [0.5, 0.6) is 0 Å². The van der Waals surface area contributed by atoms with Crippen molar-refractivity contribution >= 4 is 17.5 Å². The first-order valence-electron chi connectivity index (χ1n) is 7.30. The molecule has 1 heterocycles. The number of piperazine rings is 1. The Morgan fingerprint density at radius 1 is 1.14 bits per heavy atom. The van der Waals surface area contributed by atoms with E-state index in [1.54, 1.807) is 4.90 Å². The van der Waals surface area contributed by atoms with Gasteiger partial charge in [0, 0.05) is 31.9 Å². The number of nitrogens with one attached hydrogen (secondary N) is 1. The monoisotopic (exact) mass is 289 g/mol. The lowest BCUT2D eigenvalue weighted by Crippen LogP contribution is -2.47. The highest BCUT2D eigenvalue weighted by molar-refractivity contribution is 6.03. The number of rotatable bonds is 3. The summed E-state index contributed by atoms with van der Waals surface area (Å²) in [6.07, 6.45) is -0.0862. The van der Waals surface area contributed by atoms with Crippen molar-refractivity contribution < 1.29 is 9.59 Å². The average molecular weight is 289 g/mol. The molecule has 1 aliphatic rings. The van der Waals surface area contributed by atoms with Gasteiger partial charge in [-0.1, -0.05) is 12.1 Å². The Hall–Kier alpha value is -1.88. The fourth-order valence-electron chi connectivity index (χ4n) is 2.39. The summed E-state index contributed by atoms with van der Waals surface area (Å²) in [5.41, 5.74) is 2.95. The van der Waals surface area contributed by atoms with Gasteiger partial charge in [-0.05, 0) is 38.1 Å². The van der Waals surface area contributed by atoms with Gasteiger partial charge in [0.05, 0.1) is 0 Å². The van der Waals surface area contributed by atoms with Crippen molar-refractivity contribution in [2.24, 2.45) is 0 Å². The van der Waals surface area contributed by atoms with Crippen LogP contribution >= 0.6 is 0 Å². The molecule has 2 rings (SSSR count). The number of amides is 2. The standard InChI is InChI=1S/C16H23N3O2/c1-12-5-4-6-14(13(12)2)17-15(20)11-16(21)19-9-7-18(3)8-10-19/h4-6H,7-11H2,1-3H3,(H,17,20). The third-order valence-corrected chi connectivity index (χ3v) is 4.05. The predicted molar refractivity (Wildman–Crippen MR) is 83.2 cm³/mol. The highest BCUT2D eigenvalue weighted by Crippen LogP contribution is 2.18. The van der Waals surface area contributed by atoms with E-state index in [1.165, 1.54) is 0 Å². The molecule has 2 amide bonds. The summed E-state index contributed by atoms with van der Waals surface area (Å²) in [6.45, 7) is 7.10. The van der Waals surface area contributed by atoms with Crippen molar-refractivity contribution in [2.75, 3.05) is 38.5 Å². The molecular weight excluding hydrogens is 266 g/mol.